The molecule has 0 bridgehead atoms. The predicted octanol–water partition coefficient (Wildman–Crippen LogP) is 3.47. The minimum absolute atomic E-state index is 0.0221. The number of hydrogen-bond acceptors (Lipinski definition) is 3. The smallest absolute Gasteiger partial charge is 0.259 e. The number of rotatable bonds is 3. The van der Waals surface area contributed by atoms with Crippen LogP contribution in [-0.2, 0) is 0 Å². The lowest BCUT2D eigenvalue weighted by atomic mass is 10.2. The molecule has 0 unspecified atom stereocenters. The molecule has 22 heavy (non-hydrogen) atoms. The van der Waals surface area contributed by atoms with Gasteiger partial charge in [-0.05, 0) is 35.9 Å². The average Bonchev–Trinajstić information content (AvgIpc) is 2.54. The van der Waals surface area contributed by atoms with Gasteiger partial charge in [-0.2, -0.15) is 0 Å². The Morgan fingerprint density at radius 3 is 2.59 bits per heavy atom. The number of aromatic nitrogens is 2. The van der Waals surface area contributed by atoms with Crippen LogP contribution < -0.4 is 5.56 Å². The first-order valence-electron chi connectivity index (χ1n) is 6.60. The third-order valence-corrected chi connectivity index (χ3v) is 3.40. The molecule has 0 aliphatic rings. The van der Waals surface area contributed by atoms with Gasteiger partial charge in [0, 0.05) is 5.02 Å². The summed E-state index contributed by atoms with van der Waals surface area (Å²) in [6, 6.07) is 14.0. The fourth-order valence-electron chi connectivity index (χ4n) is 2.03. The van der Waals surface area contributed by atoms with Crippen LogP contribution in [0.2, 0.25) is 5.02 Å². The van der Waals surface area contributed by atoms with Crippen LogP contribution in [0.4, 0.5) is 0 Å². The van der Waals surface area contributed by atoms with Crippen LogP contribution in [0, 0.1) is 0 Å². The number of H-pyrrole nitrogens is 1. The number of nitrogens with one attached hydrogen (secondary N) is 1. The molecule has 5 heteroatoms. The number of para-hydroxylation sites is 1. The number of fused-ring (bicyclic) bond motifs is 1. The standard InChI is InChI=1S/C17H11ClN2O2/c18-12-8-5-11(6-9-12)7-10-15(21)16-19-14-4-2-1-3-13(14)17(22)20-16/h1-10H,(H,19,20,22)/b10-7+. The number of carbonyl (C=O) groups is 1. The monoisotopic (exact) mass is 310 g/mol. The summed E-state index contributed by atoms with van der Waals surface area (Å²) in [6.07, 6.45) is 3.02. The summed E-state index contributed by atoms with van der Waals surface area (Å²) in [4.78, 5) is 30.8. The minimum Gasteiger partial charge on any atom is -0.303 e. The Hall–Kier alpha value is -2.72. The Kier molecular flexibility index (Phi) is 3.85. The normalized spacial score (nSPS) is 11.1. The number of aromatic amines is 1. The SMILES string of the molecule is O=C(/C=C/c1ccc(Cl)cc1)c1nc2ccccc2c(=O)[nH]1. The summed E-state index contributed by atoms with van der Waals surface area (Å²) in [5.74, 6) is -0.341. The fourth-order valence-corrected chi connectivity index (χ4v) is 2.15. The second-order valence-electron chi connectivity index (χ2n) is 4.68. The van der Waals surface area contributed by atoms with Crippen molar-refractivity contribution in [1.82, 2.24) is 9.97 Å². The van der Waals surface area contributed by atoms with Crippen LogP contribution in [0.15, 0.2) is 59.4 Å². The van der Waals surface area contributed by atoms with E-state index >= 15 is 0 Å². The fraction of sp³-hybridized carbons (Fsp3) is 0. The van der Waals surface area contributed by atoms with Crippen molar-refractivity contribution in [3.63, 3.8) is 0 Å². The zero-order valence-corrected chi connectivity index (χ0v) is 12.2. The Morgan fingerprint density at radius 2 is 1.82 bits per heavy atom. The van der Waals surface area contributed by atoms with Gasteiger partial charge in [-0.3, -0.25) is 9.59 Å². The van der Waals surface area contributed by atoms with E-state index < -0.39 is 0 Å². The van der Waals surface area contributed by atoms with Crippen LogP contribution in [0.3, 0.4) is 0 Å². The van der Waals surface area contributed by atoms with E-state index in [0.29, 0.717) is 15.9 Å². The van der Waals surface area contributed by atoms with Crippen LogP contribution in [0.1, 0.15) is 16.2 Å². The van der Waals surface area contributed by atoms with E-state index in [1.807, 2.05) is 0 Å². The van der Waals surface area contributed by atoms with Crippen LogP contribution in [-0.4, -0.2) is 15.8 Å². The van der Waals surface area contributed by atoms with E-state index in [4.69, 9.17) is 11.6 Å². The van der Waals surface area contributed by atoms with E-state index in [2.05, 4.69) is 9.97 Å². The first-order chi connectivity index (χ1) is 10.6. The summed E-state index contributed by atoms with van der Waals surface area (Å²) < 4.78 is 0. The molecule has 0 spiro atoms. The lowest BCUT2D eigenvalue weighted by Gasteiger charge is -1.99. The molecule has 3 rings (SSSR count). The van der Waals surface area contributed by atoms with Crippen LogP contribution in [0.25, 0.3) is 17.0 Å². The van der Waals surface area contributed by atoms with Gasteiger partial charge in [0.2, 0.25) is 5.78 Å². The Morgan fingerprint density at radius 1 is 1.09 bits per heavy atom. The zero-order chi connectivity index (χ0) is 15.5. The summed E-state index contributed by atoms with van der Waals surface area (Å²) in [5, 5.41) is 1.09. The van der Waals surface area contributed by atoms with Gasteiger partial charge < -0.3 is 4.98 Å². The Balaban J connectivity index is 1.92. The van der Waals surface area contributed by atoms with E-state index in [1.165, 1.54) is 6.08 Å². The molecule has 1 aromatic heterocycles. The van der Waals surface area contributed by atoms with E-state index in [0.717, 1.165) is 5.56 Å². The quantitative estimate of drug-likeness (QED) is 0.595. The zero-order valence-electron chi connectivity index (χ0n) is 11.4. The maximum atomic E-state index is 12.1. The van der Waals surface area contributed by atoms with Crippen molar-refractivity contribution in [3.05, 3.63) is 81.4 Å². The minimum atomic E-state index is -0.363. The first kappa shape index (κ1) is 14.2. The molecule has 1 N–H and O–H groups in total. The summed E-state index contributed by atoms with van der Waals surface area (Å²) in [6.45, 7) is 0. The van der Waals surface area contributed by atoms with Crippen molar-refractivity contribution in [2.75, 3.05) is 0 Å². The van der Waals surface area contributed by atoms with Gasteiger partial charge >= 0.3 is 0 Å². The summed E-state index contributed by atoms with van der Waals surface area (Å²) in [5.41, 5.74) is 1.00. The highest BCUT2D eigenvalue weighted by Crippen LogP contribution is 2.11. The molecule has 0 fully saturated rings. The largest absolute Gasteiger partial charge is 0.303 e. The predicted molar refractivity (Wildman–Crippen MR) is 87.2 cm³/mol. The van der Waals surface area contributed by atoms with Crippen molar-refractivity contribution >= 4 is 34.4 Å². The lowest BCUT2D eigenvalue weighted by molar-refractivity contribution is 0.103. The highest BCUT2D eigenvalue weighted by molar-refractivity contribution is 6.30. The average molecular weight is 311 g/mol. The number of benzene rings is 2. The molecule has 0 atom stereocenters. The topological polar surface area (TPSA) is 62.8 Å². The van der Waals surface area contributed by atoms with Gasteiger partial charge in [0.25, 0.3) is 5.56 Å². The highest BCUT2D eigenvalue weighted by atomic mass is 35.5. The van der Waals surface area contributed by atoms with Gasteiger partial charge in [0.05, 0.1) is 10.9 Å². The van der Waals surface area contributed by atoms with Crippen molar-refractivity contribution < 1.29 is 4.79 Å². The second kappa shape index (κ2) is 5.95. The van der Waals surface area contributed by atoms with E-state index in [9.17, 15) is 9.59 Å². The number of carbonyl (C=O) groups excluding carboxylic acids is 1. The second-order valence-corrected chi connectivity index (χ2v) is 5.12. The van der Waals surface area contributed by atoms with Gasteiger partial charge in [-0.25, -0.2) is 4.98 Å². The third kappa shape index (κ3) is 2.97. The number of ketones is 1. The number of nitrogens with zero attached hydrogens (tertiary/aromatic N) is 1. The molecular formula is C17H11ClN2O2. The van der Waals surface area contributed by atoms with Crippen molar-refractivity contribution in [3.8, 4) is 0 Å². The van der Waals surface area contributed by atoms with Crippen LogP contribution in [0.5, 0.6) is 0 Å². The molecule has 0 radical (unpaired) electrons. The molecule has 3 aromatic rings. The summed E-state index contributed by atoms with van der Waals surface area (Å²) >= 11 is 5.80. The van der Waals surface area contributed by atoms with Gasteiger partial charge in [-0.1, -0.05) is 41.9 Å². The van der Waals surface area contributed by atoms with Gasteiger partial charge in [-0.15, -0.1) is 0 Å². The van der Waals surface area contributed by atoms with Crippen molar-refractivity contribution in [1.29, 1.82) is 0 Å². The number of halogens is 1. The van der Waals surface area contributed by atoms with Crippen molar-refractivity contribution in [2.24, 2.45) is 0 Å². The highest BCUT2D eigenvalue weighted by Gasteiger charge is 2.08. The molecular weight excluding hydrogens is 300 g/mol. The lowest BCUT2D eigenvalue weighted by Crippen LogP contribution is -2.14. The molecule has 2 aromatic carbocycles. The molecule has 0 saturated carbocycles. The molecule has 108 valence electrons. The van der Waals surface area contributed by atoms with E-state index in [-0.39, 0.29) is 17.2 Å². The maximum Gasteiger partial charge on any atom is 0.259 e. The third-order valence-electron chi connectivity index (χ3n) is 3.14. The van der Waals surface area contributed by atoms with E-state index in [1.54, 1.807) is 54.6 Å². The molecule has 0 amide bonds. The number of hydrogen-bond donors (Lipinski definition) is 1. The molecule has 1 heterocycles. The molecule has 0 aliphatic heterocycles. The first-order valence-corrected chi connectivity index (χ1v) is 6.98. The maximum absolute atomic E-state index is 12.1. The van der Waals surface area contributed by atoms with Gasteiger partial charge in [0.15, 0.2) is 5.82 Å². The number of allylic oxidation sites excluding steroid dienone is 1. The Labute approximate surface area is 131 Å². The molecule has 0 saturated heterocycles. The van der Waals surface area contributed by atoms with Gasteiger partial charge in [0.1, 0.15) is 0 Å². The molecule has 4 nitrogen and oxygen atoms in total. The summed E-state index contributed by atoms with van der Waals surface area (Å²) in [7, 11) is 0. The Bertz CT molecular complexity index is 927. The molecule has 0 aliphatic carbocycles. The van der Waals surface area contributed by atoms with Crippen molar-refractivity contribution in [2.45, 2.75) is 0 Å². The van der Waals surface area contributed by atoms with Crippen LogP contribution >= 0.6 is 11.6 Å².